The van der Waals surface area contributed by atoms with Gasteiger partial charge in [0.25, 0.3) is 0 Å². The smallest absolute Gasteiger partial charge is 0.220 e. The van der Waals surface area contributed by atoms with Crippen molar-refractivity contribution in [3.05, 3.63) is 101 Å². The van der Waals surface area contributed by atoms with Crippen LogP contribution in [-0.4, -0.2) is 53.5 Å². The molecule has 36 heavy (non-hydrogen) atoms. The van der Waals surface area contributed by atoms with E-state index >= 15 is 0 Å². The number of para-hydroxylation sites is 1. The Morgan fingerprint density at radius 3 is 2.33 bits per heavy atom. The Labute approximate surface area is 229 Å². The molecule has 2 aromatic rings. The average Bonchev–Trinajstić information content (AvgIpc) is 2.89. The van der Waals surface area contributed by atoms with Crippen LogP contribution in [0.3, 0.4) is 0 Å². The molecule has 190 valence electrons. The number of allylic oxidation sites excluding steroid dienone is 3. The number of benzene rings is 2. The molecule has 0 aliphatic carbocycles. The van der Waals surface area contributed by atoms with Crippen LogP contribution in [0, 0.1) is 0 Å². The van der Waals surface area contributed by atoms with Gasteiger partial charge in [-0.15, -0.1) is 0 Å². The zero-order valence-electron chi connectivity index (χ0n) is 20.3. The van der Waals surface area contributed by atoms with E-state index in [2.05, 4.69) is 39.1 Å². The van der Waals surface area contributed by atoms with E-state index in [1.165, 1.54) is 5.56 Å². The van der Waals surface area contributed by atoms with Crippen LogP contribution in [0.25, 0.3) is 0 Å². The molecule has 0 bridgehead atoms. The molecule has 3 rings (SSSR count). The number of nitrogens with zero attached hydrogens (tertiary/aromatic N) is 2. The Bertz CT molecular complexity index is 1080. The molecule has 1 heterocycles. The lowest BCUT2D eigenvalue weighted by Gasteiger charge is -2.38. The summed E-state index contributed by atoms with van der Waals surface area (Å²) in [4.78, 5) is 16.5. The second-order valence-corrected chi connectivity index (χ2v) is 9.57. The second-order valence-electron chi connectivity index (χ2n) is 8.37. The van der Waals surface area contributed by atoms with Gasteiger partial charge in [-0.3, -0.25) is 4.79 Å². The molecule has 2 N–H and O–H groups in total. The molecule has 0 unspecified atom stereocenters. The van der Waals surface area contributed by atoms with Gasteiger partial charge in [0.2, 0.25) is 5.91 Å². The Balaban J connectivity index is 1.41. The summed E-state index contributed by atoms with van der Waals surface area (Å²) in [7, 11) is 0. The van der Waals surface area contributed by atoms with E-state index in [-0.39, 0.29) is 5.91 Å². The van der Waals surface area contributed by atoms with Gasteiger partial charge in [0, 0.05) is 44.8 Å². The third-order valence-electron chi connectivity index (χ3n) is 5.83. The highest BCUT2D eigenvalue weighted by molar-refractivity contribution is 7.80. The SMILES string of the molecule is C=C/C=C(\C=C/CNC(=O)CCCc1ccccc1)N1CCN(C(=S)Nc2c(Cl)cccc2Cl)CC1. The molecule has 2 aromatic carbocycles. The van der Waals surface area contributed by atoms with Gasteiger partial charge < -0.3 is 20.4 Å². The number of carbonyl (C=O) groups excluding carboxylic acids is 1. The van der Waals surface area contributed by atoms with Crippen LogP contribution >= 0.6 is 35.4 Å². The lowest BCUT2D eigenvalue weighted by atomic mass is 10.1. The predicted octanol–water partition coefficient (Wildman–Crippen LogP) is 6.07. The minimum atomic E-state index is 0.0677. The number of anilines is 1. The van der Waals surface area contributed by atoms with Gasteiger partial charge in [0.05, 0.1) is 15.7 Å². The van der Waals surface area contributed by atoms with E-state index in [0.29, 0.717) is 33.8 Å². The maximum Gasteiger partial charge on any atom is 0.220 e. The minimum absolute atomic E-state index is 0.0677. The summed E-state index contributed by atoms with van der Waals surface area (Å²) in [5.41, 5.74) is 2.94. The summed E-state index contributed by atoms with van der Waals surface area (Å²) in [6.07, 6.45) is 10.0. The number of piperazine rings is 1. The van der Waals surface area contributed by atoms with E-state index < -0.39 is 0 Å². The Kier molecular flexibility index (Phi) is 11.3. The molecule has 5 nitrogen and oxygen atoms in total. The number of carbonyl (C=O) groups is 1. The second kappa shape index (κ2) is 14.7. The first-order valence-electron chi connectivity index (χ1n) is 12.0. The van der Waals surface area contributed by atoms with E-state index in [9.17, 15) is 4.79 Å². The number of nitrogens with one attached hydrogen (secondary N) is 2. The summed E-state index contributed by atoms with van der Waals surface area (Å²) in [6, 6.07) is 15.6. The zero-order chi connectivity index (χ0) is 25.8. The fraction of sp³-hybridized carbons (Fsp3) is 0.286. The van der Waals surface area contributed by atoms with Crippen molar-refractivity contribution in [3.8, 4) is 0 Å². The number of aryl methyl sites for hydroxylation is 1. The van der Waals surface area contributed by atoms with Crippen LogP contribution in [0.2, 0.25) is 10.0 Å². The number of halogens is 2. The van der Waals surface area contributed by atoms with Gasteiger partial charge in [-0.2, -0.15) is 0 Å². The van der Waals surface area contributed by atoms with Crippen molar-refractivity contribution < 1.29 is 4.79 Å². The van der Waals surface area contributed by atoms with Crippen molar-refractivity contribution in [1.29, 1.82) is 0 Å². The molecule has 0 saturated carbocycles. The van der Waals surface area contributed by atoms with Crippen LogP contribution in [0.5, 0.6) is 0 Å². The molecule has 0 spiro atoms. The highest BCUT2D eigenvalue weighted by Crippen LogP contribution is 2.30. The maximum absolute atomic E-state index is 12.2. The first-order valence-corrected chi connectivity index (χ1v) is 13.2. The molecule has 0 radical (unpaired) electrons. The van der Waals surface area contributed by atoms with Crippen molar-refractivity contribution >= 4 is 52.1 Å². The Morgan fingerprint density at radius 1 is 1.00 bits per heavy atom. The Morgan fingerprint density at radius 2 is 1.67 bits per heavy atom. The van der Waals surface area contributed by atoms with Gasteiger partial charge in [0.1, 0.15) is 0 Å². The van der Waals surface area contributed by atoms with E-state index in [0.717, 1.165) is 44.7 Å². The van der Waals surface area contributed by atoms with E-state index in [1.807, 2.05) is 36.4 Å². The Hall–Kier alpha value is -2.80. The molecular weight excluding hydrogens is 511 g/mol. The first-order chi connectivity index (χ1) is 17.5. The van der Waals surface area contributed by atoms with Gasteiger partial charge >= 0.3 is 0 Å². The predicted molar refractivity (Wildman–Crippen MR) is 156 cm³/mol. The third kappa shape index (κ3) is 8.70. The van der Waals surface area contributed by atoms with Gasteiger partial charge in [0.15, 0.2) is 5.11 Å². The van der Waals surface area contributed by atoms with Crippen molar-refractivity contribution in [2.45, 2.75) is 19.3 Å². The summed E-state index contributed by atoms with van der Waals surface area (Å²) in [5, 5.41) is 7.83. The highest BCUT2D eigenvalue weighted by atomic mass is 35.5. The molecule has 0 aromatic heterocycles. The molecule has 1 aliphatic rings. The fourth-order valence-corrected chi connectivity index (χ4v) is 4.67. The van der Waals surface area contributed by atoms with E-state index in [1.54, 1.807) is 24.3 Å². The summed E-state index contributed by atoms with van der Waals surface area (Å²) in [6.45, 7) is 7.45. The summed E-state index contributed by atoms with van der Waals surface area (Å²) >= 11 is 18.1. The fourth-order valence-electron chi connectivity index (χ4n) is 3.90. The van der Waals surface area contributed by atoms with Crippen molar-refractivity contribution in [1.82, 2.24) is 15.1 Å². The lowest BCUT2D eigenvalue weighted by molar-refractivity contribution is -0.120. The van der Waals surface area contributed by atoms with Crippen LogP contribution < -0.4 is 10.6 Å². The zero-order valence-corrected chi connectivity index (χ0v) is 22.6. The van der Waals surface area contributed by atoms with Crippen molar-refractivity contribution in [3.63, 3.8) is 0 Å². The van der Waals surface area contributed by atoms with Crippen molar-refractivity contribution in [2.24, 2.45) is 0 Å². The van der Waals surface area contributed by atoms with Gasteiger partial charge in [-0.1, -0.05) is 78.3 Å². The maximum atomic E-state index is 12.2. The van der Waals surface area contributed by atoms with Gasteiger partial charge in [-0.25, -0.2) is 0 Å². The minimum Gasteiger partial charge on any atom is -0.368 e. The summed E-state index contributed by atoms with van der Waals surface area (Å²) in [5.74, 6) is 0.0677. The summed E-state index contributed by atoms with van der Waals surface area (Å²) < 4.78 is 0. The molecule has 8 heteroatoms. The third-order valence-corrected chi connectivity index (χ3v) is 6.82. The van der Waals surface area contributed by atoms with Crippen molar-refractivity contribution in [2.75, 3.05) is 38.0 Å². The highest BCUT2D eigenvalue weighted by Gasteiger charge is 2.20. The number of hydrogen-bond acceptors (Lipinski definition) is 3. The number of thiocarbonyl (C=S) groups is 1. The number of amides is 1. The van der Waals surface area contributed by atoms with E-state index in [4.69, 9.17) is 35.4 Å². The molecular formula is C28H32Cl2N4OS. The average molecular weight is 544 g/mol. The largest absolute Gasteiger partial charge is 0.368 e. The first kappa shape index (κ1) is 27.8. The quantitative estimate of drug-likeness (QED) is 0.281. The van der Waals surface area contributed by atoms with Crippen LogP contribution in [0.1, 0.15) is 18.4 Å². The lowest BCUT2D eigenvalue weighted by Crippen LogP contribution is -2.49. The van der Waals surface area contributed by atoms with Crippen LogP contribution in [0.4, 0.5) is 5.69 Å². The molecule has 1 amide bonds. The number of rotatable bonds is 10. The molecule has 1 fully saturated rings. The monoisotopic (exact) mass is 542 g/mol. The topological polar surface area (TPSA) is 47.6 Å². The molecule has 1 aliphatic heterocycles. The number of hydrogen-bond donors (Lipinski definition) is 2. The molecule has 0 atom stereocenters. The standard InChI is InChI=1S/C28H32Cl2N4OS/c1-2-9-23(13-8-17-31-26(35)16-6-12-22-10-4-3-5-11-22)33-18-20-34(21-19-33)28(36)32-27-24(29)14-7-15-25(27)30/h2-5,7-11,13-15H,1,6,12,16-21H2,(H,31,35)(H,32,36)/b13-8-,23-9+. The van der Waals surface area contributed by atoms with Crippen LogP contribution in [-0.2, 0) is 11.2 Å². The van der Waals surface area contributed by atoms with Crippen LogP contribution in [0.15, 0.2) is 85.1 Å². The normalized spacial score (nSPS) is 14.1. The van der Waals surface area contributed by atoms with Gasteiger partial charge in [-0.05, 0) is 54.9 Å². The molecule has 1 saturated heterocycles.